The fraction of sp³-hybridized carbons (Fsp3) is 0.562. The summed E-state index contributed by atoms with van der Waals surface area (Å²) >= 11 is 0. The van der Waals surface area contributed by atoms with Gasteiger partial charge in [0.25, 0.3) is 0 Å². The minimum atomic E-state index is -1.27. The van der Waals surface area contributed by atoms with E-state index in [2.05, 4.69) is 0 Å². The second-order valence-corrected chi connectivity index (χ2v) is 5.04. The van der Waals surface area contributed by atoms with Crippen molar-refractivity contribution in [3.05, 3.63) is 29.8 Å². The molecule has 0 saturated carbocycles. The summed E-state index contributed by atoms with van der Waals surface area (Å²) in [4.78, 5) is 12.0. The molecular formula is C16H24O4. The maximum absolute atomic E-state index is 12.0. The molecule has 4 nitrogen and oxygen atoms in total. The number of hydrogen-bond donors (Lipinski definition) is 2. The van der Waals surface area contributed by atoms with Gasteiger partial charge in [0.2, 0.25) is 0 Å². The van der Waals surface area contributed by atoms with E-state index in [0.29, 0.717) is 18.4 Å². The number of rotatable bonds is 7. The van der Waals surface area contributed by atoms with E-state index in [9.17, 15) is 15.0 Å². The van der Waals surface area contributed by atoms with Gasteiger partial charge in [-0.15, -0.1) is 0 Å². The number of benzene rings is 1. The van der Waals surface area contributed by atoms with Crippen LogP contribution in [0.2, 0.25) is 0 Å². The number of phenolic OH excluding ortho intramolecular Hbond substituents is 1. The highest BCUT2D eigenvalue weighted by Crippen LogP contribution is 2.37. The van der Waals surface area contributed by atoms with Gasteiger partial charge in [-0.25, -0.2) is 0 Å². The van der Waals surface area contributed by atoms with Crippen LogP contribution < -0.4 is 0 Å². The lowest BCUT2D eigenvalue weighted by molar-refractivity contribution is -0.158. The molecule has 0 aliphatic carbocycles. The van der Waals surface area contributed by atoms with Crippen molar-refractivity contribution in [2.75, 3.05) is 7.11 Å². The van der Waals surface area contributed by atoms with Gasteiger partial charge in [-0.3, -0.25) is 4.79 Å². The van der Waals surface area contributed by atoms with E-state index < -0.39 is 17.5 Å². The molecular weight excluding hydrogens is 256 g/mol. The van der Waals surface area contributed by atoms with Crippen LogP contribution in [0.15, 0.2) is 24.3 Å². The van der Waals surface area contributed by atoms with Crippen molar-refractivity contribution in [3.63, 3.8) is 0 Å². The molecule has 112 valence electrons. The molecule has 0 saturated heterocycles. The first-order chi connectivity index (χ1) is 9.49. The van der Waals surface area contributed by atoms with Gasteiger partial charge in [-0.2, -0.15) is 0 Å². The zero-order valence-corrected chi connectivity index (χ0v) is 12.4. The van der Waals surface area contributed by atoms with Crippen LogP contribution in [0.4, 0.5) is 0 Å². The number of unbranched alkanes of at least 4 members (excludes halogenated alkanes) is 1. The van der Waals surface area contributed by atoms with Crippen LogP contribution in [-0.2, 0) is 15.1 Å². The molecule has 0 heterocycles. The molecule has 0 aliphatic heterocycles. The lowest BCUT2D eigenvalue weighted by Crippen LogP contribution is -2.40. The minimum Gasteiger partial charge on any atom is -0.508 e. The number of ether oxygens (including phenoxy) is 1. The Morgan fingerprint density at radius 1 is 1.30 bits per heavy atom. The minimum absolute atomic E-state index is 0.135. The number of carbonyl (C=O) groups excluding carboxylic acids is 1. The van der Waals surface area contributed by atoms with Crippen molar-refractivity contribution in [1.29, 1.82) is 0 Å². The fourth-order valence-corrected chi connectivity index (χ4v) is 2.50. The molecule has 4 heteroatoms. The molecule has 1 aromatic rings. The van der Waals surface area contributed by atoms with E-state index in [4.69, 9.17) is 4.74 Å². The van der Waals surface area contributed by atoms with E-state index in [1.54, 1.807) is 12.1 Å². The van der Waals surface area contributed by atoms with Crippen molar-refractivity contribution in [1.82, 2.24) is 0 Å². The van der Waals surface area contributed by atoms with Crippen LogP contribution in [-0.4, -0.2) is 23.3 Å². The number of aliphatic hydroxyl groups is 1. The smallest absolute Gasteiger partial charge is 0.311 e. The Labute approximate surface area is 120 Å². The Bertz CT molecular complexity index is 427. The van der Waals surface area contributed by atoms with E-state index >= 15 is 0 Å². The van der Waals surface area contributed by atoms with Gasteiger partial charge in [0.15, 0.2) is 0 Å². The number of methoxy groups -OCH3 is 1. The molecule has 1 rings (SSSR count). The second kappa shape index (κ2) is 7.29. The van der Waals surface area contributed by atoms with Crippen LogP contribution >= 0.6 is 0 Å². The molecule has 1 aromatic carbocycles. The molecule has 0 radical (unpaired) electrons. The summed E-state index contributed by atoms with van der Waals surface area (Å²) in [5.74, 6) is -0.853. The second-order valence-electron chi connectivity index (χ2n) is 5.04. The topological polar surface area (TPSA) is 66.8 Å². The van der Waals surface area contributed by atoms with Gasteiger partial charge >= 0.3 is 5.97 Å². The summed E-state index contributed by atoms with van der Waals surface area (Å²) in [5, 5.41) is 20.3. The van der Waals surface area contributed by atoms with Gasteiger partial charge in [0.05, 0.1) is 13.0 Å². The number of aromatic hydroxyl groups is 1. The molecule has 0 spiro atoms. The van der Waals surface area contributed by atoms with E-state index in [-0.39, 0.29) is 5.75 Å². The number of carbonyl (C=O) groups is 1. The average Bonchev–Trinajstić information content (AvgIpc) is 2.47. The zero-order chi connectivity index (χ0) is 15.2. The predicted molar refractivity (Wildman–Crippen MR) is 77.3 cm³/mol. The Hall–Kier alpha value is -1.55. The third-order valence-corrected chi connectivity index (χ3v) is 3.81. The first-order valence-electron chi connectivity index (χ1n) is 7.09. The van der Waals surface area contributed by atoms with Crippen molar-refractivity contribution >= 4 is 5.97 Å². The lowest BCUT2D eigenvalue weighted by Gasteiger charge is -2.34. The fourth-order valence-electron chi connectivity index (χ4n) is 2.50. The van der Waals surface area contributed by atoms with Gasteiger partial charge in [-0.1, -0.05) is 38.8 Å². The third-order valence-electron chi connectivity index (χ3n) is 3.81. The predicted octanol–water partition coefficient (Wildman–Crippen LogP) is 2.97. The molecule has 0 aromatic heterocycles. The van der Waals surface area contributed by atoms with E-state index in [1.165, 1.54) is 19.2 Å². The summed E-state index contributed by atoms with van der Waals surface area (Å²) in [6.07, 6.45) is 2.78. The monoisotopic (exact) mass is 280 g/mol. The standard InChI is InChI=1S/C16H24O4/c1-4-6-7-14(15(18)20-3)16(19,5-2)12-8-10-13(17)11-9-12/h8-11,14,17,19H,4-7H2,1-3H3. The van der Waals surface area contributed by atoms with Crippen LogP contribution in [0.1, 0.15) is 45.1 Å². The van der Waals surface area contributed by atoms with Gasteiger partial charge in [0, 0.05) is 0 Å². The van der Waals surface area contributed by atoms with Crippen LogP contribution in [0.5, 0.6) is 5.75 Å². The summed E-state index contributed by atoms with van der Waals surface area (Å²) < 4.78 is 4.85. The highest BCUT2D eigenvalue weighted by atomic mass is 16.5. The Morgan fingerprint density at radius 3 is 2.35 bits per heavy atom. The van der Waals surface area contributed by atoms with Gasteiger partial charge < -0.3 is 14.9 Å². The average molecular weight is 280 g/mol. The first-order valence-corrected chi connectivity index (χ1v) is 7.09. The molecule has 2 unspecified atom stereocenters. The molecule has 20 heavy (non-hydrogen) atoms. The maximum atomic E-state index is 12.0. The van der Waals surface area contributed by atoms with E-state index in [1.807, 2.05) is 13.8 Å². The van der Waals surface area contributed by atoms with Crippen molar-refractivity contribution < 1.29 is 19.7 Å². The van der Waals surface area contributed by atoms with Gasteiger partial charge in [-0.05, 0) is 30.5 Å². The zero-order valence-electron chi connectivity index (χ0n) is 12.4. The summed E-state index contributed by atoms with van der Waals surface area (Å²) in [5.41, 5.74) is -0.639. The molecule has 0 fully saturated rings. The maximum Gasteiger partial charge on any atom is 0.311 e. The summed E-state index contributed by atoms with van der Waals surface area (Å²) in [6.45, 7) is 3.88. The number of phenols is 1. The highest BCUT2D eigenvalue weighted by Gasteiger charge is 2.41. The Morgan fingerprint density at radius 2 is 1.90 bits per heavy atom. The molecule has 2 N–H and O–H groups in total. The Balaban J connectivity index is 3.14. The van der Waals surface area contributed by atoms with Crippen molar-refractivity contribution in [3.8, 4) is 5.75 Å². The van der Waals surface area contributed by atoms with Crippen LogP contribution in [0.25, 0.3) is 0 Å². The number of esters is 1. The van der Waals surface area contributed by atoms with Crippen molar-refractivity contribution in [2.45, 2.75) is 45.1 Å². The summed E-state index contributed by atoms with van der Waals surface area (Å²) in [7, 11) is 1.34. The first kappa shape index (κ1) is 16.5. The van der Waals surface area contributed by atoms with Crippen LogP contribution in [0, 0.1) is 5.92 Å². The Kier molecular flexibility index (Phi) is 6.02. The normalized spacial score (nSPS) is 15.4. The van der Waals surface area contributed by atoms with E-state index in [0.717, 1.165) is 12.8 Å². The third kappa shape index (κ3) is 3.51. The SMILES string of the molecule is CCCCC(C(=O)OC)C(O)(CC)c1ccc(O)cc1. The molecule has 0 amide bonds. The quantitative estimate of drug-likeness (QED) is 0.754. The molecule has 2 atom stereocenters. The highest BCUT2D eigenvalue weighted by molar-refractivity contribution is 5.74. The largest absolute Gasteiger partial charge is 0.508 e. The molecule has 0 bridgehead atoms. The van der Waals surface area contributed by atoms with Crippen molar-refractivity contribution in [2.24, 2.45) is 5.92 Å². The van der Waals surface area contributed by atoms with Crippen LogP contribution in [0.3, 0.4) is 0 Å². The van der Waals surface area contributed by atoms with Gasteiger partial charge in [0.1, 0.15) is 11.4 Å². The summed E-state index contributed by atoms with van der Waals surface area (Å²) in [6, 6.07) is 6.34. The number of hydrogen-bond acceptors (Lipinski definition) is 4. The lowest BCUT2D eigenvalue weighted by atomic mass is 9.76. The molecule has 0 aliphatic rings.